The van der Waals surface area contributed by atoms with Crippen LogP contribution in [0.4, 0.5) is 0 Å². The van der Waals surface area contributed by atoms with Gasteiger partial charge in [0.2, 0.25) is 0 Å². The highest BCUT2D eigenvalue weighted by atomic mass is 16.1. The van der Waals surface area contributed by atoms with Crippen LogP contribution in [0.3, 0.4) is 0 Å². The molecule has 140 valence electrons. The molecule has 3 rings (SSSR count). The van der Waals surface area contributed by atoms with Crippen molar-refractivity contribution in [2.75, 3.05) is 6.54 Å². The smallest absolute Gasteiger partial charge is 0.255 e. The van der Waals surface area contributed by atoms with Crippen LogP contribution in [0, 0.1) is 13.8 Å². The van der Waals surface area contributed by atoms with Crippen LogP contribution in [0.5, 0.6) is 0 Å². The molecule has 5 nitrogen and oxygen atoms in total. The number of hydrogen-bond donors (Lipinski definition) is 2. The van der Waals surface area contributed by atoms with Gasteiger partial charge in [-0.1, -0.05) is 42.5 Å². The lowest BCUT2D eigenvalue weighted by molar-refractivity contribution is 0.0942. The fourth-order valence-electron chi connectivity index (χ4n) is 2.90. The lowest BCUT2D eigenvalue weighted by Gasteiger charge is -2.11. The topological polar surface area (TPSA) is 72.9 Å². The number of aryl methyl sites for hydroxylation is 2. The standard InChI is InChI=1S/C22H26N4O/c1-15-9-10-19(11-16(15)2)21-20(22(27)24-17(3)12-23)14-26(25-21)13-18-7-5-4-6-8-18/h4-11,14,17H,12-13,23H2,1-3H3,(H,24,27)/t17-/m0/s1. The second kappa shape index (κ2) is 8.18. The van der Waals surface area contributed by atoms with E-state index in [2.05, 4.69) is 31.3 Å². The Hall–Kier alpha value is -2.92. The van der Waals surface area contributed by atoms with Crippen molar-refractivity contribution in [1.29, 1.82) is 0 Å². The summed E-state index contributed by atoms with van der Waals surface area (Å²) in [6.07, 6.45) is 1.82. The van der Waals surface area contributed by atoms with Gasteiger partial charge in [0.25, 0.3) is 5.91 Å². The van der Waals surface area contributed by atoms with E-state index in [9.17, 15) is 4.79 Å². The Labute approximate surface area is 160 Å². The molecule has 0 radical (unpaired) electrons. The predicted molar refractivity (Wildman–Crippen MR) is 109 cm³/mol. The average molecular weight is 362 g/mol. The number of nitrogens with zero attached hydrogens (tertiary/aromatic N) is 2. The number of nitrogens with one attached hydrogen (secondary N) is 1. The van der Waals surface area contributed by atoms with Crippen LogP contribution in [0.25, 0.3) is 11.3 Å². The van der Waals surface area contributed by atoms with Crippen LogP contribution in [0.2, 0.25) is 0 Å². The quantitative estimate of drug-likeness (QED) is 0.707. The average Bonchev–Trinajstić information content (AvgIpc) is 3.08. The Morgan fingerprint density at radius 1 is 1.15 bits per heavy atom. The normalized spacial score (nSPS) is 12.0. The molecule has 0 saturated heterocycles. The number of benzene rings is 2. The molecule has 3 N–H and O–H groups in total. The maximum Gasteiger partial charge on any atom is 0.255 e. The number of carbonyl (C=O) groups is 1. The first kappa shape index (κ1) is 18.9. The number of aromatic nitrogens is 2. The van der Waals surface area contributed by atoms with Crippen molar-refractivity contribution < 1.29 is 4.79 Å². The lowest BCUT2D eigenvalue weighted by Crippen LogP contribution is -2.37. The summed E-state index contributed by atoms with van der Waals surface area (Å²) in [4.78, 5) is 12.8. The summed E-state index contributed by atoms with van der Waals surface area (Å²) in [5.41, 5.74) is 11.4. The monoisotopic (exact) mass is 362 g/mol. The summed E-state index contributed by atoms with van der Waals surface area (Å²) in [5, 5.41) is 7.67. The third-order valence-corrected chi connectivity index (χ3v) is 4.71. The zero-order chi connectivity index (χ0) is 19.4. The molecule has 0 aliphatic heterocycles. The van der Waals surface area contributed by atoms with E-state index in [-0.39, 0.29) is 11.9 Å². The largest absolute Gasteiger partial charge is 0.348 e. The second-order valence-electron chi connectivity index (χ2n) is 6.98. The minimum absolute atomic E-state index is 0.0948. The summed E-state index contributed by atoms with van der Waals surface area (Å²) in [6, 6.07) is 16.1. The molecule has 0 aliphatic carbocycles. The zero-order valence-corrected chi connectivity index (χ0v) is 16.1. The van der Waals surface area contributed by atoms with Gasteiger partial charge in [0.1, 0.15) is 5.69 Å². The maximum absolute atomic E-state index is 12.8. The van der Waals surface area contributed by atoms with Gasteiger partial charge in [0.15, 0.2) is 0 Å². The van der Waals surface area contributed by atoms with E-state index in [1.807, 2.05) is 54.2 Å². The van der Waals surface area contributed by atoms with Crippen molar-refractivity contribution in [3.05, 3.63) is 77.0 Å². The lowest BCUT2D eigenvalue weighted by atomic mass is 10.0. The molecule has 0 bridgehead atoms. The summed E-state index contributed by atoms with van der Waals surface area (Å²) in [6.45, 7) is 7.03. The van der Waals surface area contributed by atoms with E-state index >= 15 is 0 Å². The Morgan fingerprint density at radius 2 is 1.89 bits per heavy atom. The van der Waals surface area contributed by atoms with Gasteiger partial charge in [-0.25, -0.2) is 0 Å². The molecular formula is C22H26N4O. The molecule has 0 aliphatic rings. The van der Waals surface area contributed by atoms with Crippen molar-refractivity contribution in [1.82, 2.24) is 15.1 Å². The van der Waals surface area contributed by atoms with E-state index in [1.54, 1.807) is 0 Å². The van der Waals surface area contributed by atoms with Crippen molar-refractivity contribution in [2.45, 2.75) is 33.4 Å². The van der Waals surface area contributed by atoms with Crippen LogP contribution in [0.1, 0.15) is 34.0 Å². The van der Waals surface area contributed by atoms with Gasteiger partial charge in [-0.15, -0.1) is 0 Å². The van der Waals surface area contributed by atoms with E-state index < -0.39 is 0 Å². The number of nitrogens with two attached hydrogens (primary N) is 1. The predicted octanol–water partition coefficient (Wildman–Crippen LogP) is 3.29. The van der Waals surface area contributed by atoms with Gasteiger partial charge in [-0.3, -0.25) is 9.48 Å². The van der Waals surface area contributed by atoms with E-state index in [1.165, 1.54) is 11.1 Å². The highest BCUT2D eigenvalue weighted by Crippen LogP contribution is 2.25. The molecule has 1 aromatic heterocycles. The van der Waals surface area contributed by atoms with E-state index in [4.69, 9.17) is 10.8 Å². The van der Waals surface area contributed by atoms with E-state index in [0.717, 1.165) is 11.1 Å². The molecule has 1 atom stereocenters. The fourth-order valence-corrected chi connectivity index (χ4v) is 2.90. The third-order valence-electron chi connectivity index (χ3n) is 4.71. The van der Waals surface area contributed by atoms with Crippen molar-refractivity contribution in [3.63, 3.8) is 0 Å². The Balaban J connectivity index is 2.00. The highest BCUT2D eigenvalue weighted by Gasteiger charge is 2.19. The zero-order valence-electron chi connectivity index (χ0n) is 16.1. The Bertz CT molecular complexity index is 931. The van der Waals surface area contributed by atoms with Gasteiger partial charge < -0.3 is 11.1 Å². The number of hydrogen-bond acceptors (Lipinski definition) is 3. The molecule has 0 saturated carbocycles. The van der Waals surface area contributed by atoms with Crippen molar-refractivity contribution in [2.24, 2.45) is 5.73 Å². The summed E-state index contributed by atoms with van der Waals surface area (Å²) < 4.78 is 1.82. The molecule has 0 fully saturated rings. The molecule has 0 unspecified atom stereocenters. The first-order chi connectivity index (χ1) is 13.0. The minimum Gasteiger partial charge on any atom is -0.348 e. The summed E-state index contributed by atoms with van der Waals surface area (Å²) in [5.74, 6) is -0.152. The maximum atomic E-state index is 12.8. The number of carbonyl (C=O) groups excluding carboxylic acids is 1. The Kier molecular flexibility index (Phi) is 5.72. The van der Waals surface area contributed by atoms with Crippen molar-refractivity contribution in [3.8, 4) is 11.3 Å². The molecule has 0 spiro atoms. The van der Waals surface area contributed by atoms with Crippen LogP contribution in [-0.4, -0.2) is 28.3 Å². The molecule has 2 aromatic carbocycles. The summed E-state index contributed by atoms with van der Waals surface area (Å²) >= 11 is 0. The summed E-state index contributed by atoms with van der Waals surface area (Å²) in [7, 11) is 0. The molecule has 1 amide bonds. The minimum atomic E-state index is -0.152. The first-order valence-corrected chi connectivity index (χ1v) is 9.18. The third kappa shape index (κ3) is 4.44. The van der Waals surface area contributed by atoms with Gasteiger partial charge in [0.05, 0.1) is 12.1 Å². The van der Waals surface area contributed by atoms with Gasteiger partial charge in [-0.05, 0) is 43.5 Å². The molecule has 1 heterocycles. The first-order valence-electron chi connectivity index (χ1n) is 9.18. The fraction of sp³-hybridized carbons (Fsp3) is 0.273. The van der Waals surface area contributed by atoms with Crippen LogP contribution in [-0.2, 0) is 6.54 Å². The van der Waals surface area contributed by atoms with Gasteiger partial charge in [0, 0.05) is 24.3 Å². The molecular weight excluding hydrogens is 336 g/mol. The highest BCUT2D eigenvalue weighted by molar-refractivity contribution is 6.00. The number of rotatable bonds is 6. The van der Waals surface area contributed by atoms with Crippen LogP contribution >= 0.6 is 0 Å². The Morgan fingerprint density at radius 3 is 2.56 bits per heavy atom. The van der Waals surface area contributed by atoms with Crippen LogP contribution in [0.15, 0.2) is 54.7 Å². The number of amides is 1. The van der Waals surface area contributed by atoms with Crippen molar-refractivity contribution >= 4 is 5.91 Å². The van der Waals surface area contributed by atoms with Gasteiger partial charge in [-0.2, -0.15) is 5.10 Å². The molecule has 3 aromatic rings. The SMILES string of the molecule is Cc1ccc(-c2nn(Cc3ccccc3)cc2C(=O)N[C@@H](C)CN)cc1C. The molecule has 5 heteroatoms. The van der Waals surface area contributed by atoms with Gasteiger partial charge >= 0.3 is 0 Å². The van der Waals surface area contributed by atoms with E-state index in [0.29, 0.717) is 24.3 Å². The second-order valence-corrected chi connectivity index (χ2v) is 6.98. The molecule has 27 heavy (non-hydrogen) atoms. The van der Waals surface area contributed by atoms with Crippen LogP contribution < -0.4 is 11.1 Å².